The molecule has 0 bridgehead atoms. The van der Waals surface area contributed by atoms with Crippen LogP contribution in [-0.2, 0) is 0 Å². The minimum atomic E-state index is -7.30. The summed E-state index contributed by atoms with van der Waals surface area (Å²) in [4.78, 5) is 0. The fourth-order valence-corrected chi connectivity index (χ4v) is 3.66. The van der Waals surface area contributed by atoms with E-state index < -0.39 is 42.7 Å². The molecule has 0 nitrogen and oxygen atoms in total. The molecule has 0 fully saturated rings. The van der Waals surface area contributed by atoms with Gasteiger partial charge in [0.1, 0.15) is 0 Å². The second-order valence-corrected chi connectivity index (χ2v) is 8.98. The molecule has 206 valence electrons. The molecule has 11 heteroatoms. The van der Waals surface area contributed by atoms with Crippen LogP contribution in [0.4, 0.5) is 48.3 Å². The lowest BCUT2D eigenvalue weighted by molar-refractivity contribution is -0.422. The van der Waals surface area contributed by atoms with E-state index >= 15 is 0 Å². The first-order valence-corrected chi connectivity index (χ1v) is 12.1. The van der Waals surface area contributed by atoms with Gasteiger partial charge in [0.25, 0.3) is 0 Å². The van der Waals surface area contributed by atoms with Crippen LogP contribution in [-0.4, -0.2) is 29.9 Å². The van der Waals surface area contributed by atoms with E-state index in [1.165, 1.54) is 44.9 Å². The summed E-state index contributed by atoms with van der Waals surface area (Å²) in [6, 6.07) is 0. The highest BCUT2D eigenvalue weighted by Crippen LogP contribution is 2.58. The van der Waals surface area contributed by atoms with Gasteiger partial charge in [0, 0.05) is 6.42 Å². The molecule has 0 aliphatic heterocycles. The monoisotopic (exact) mass is 522 g/mol. The molecule has 0 saturated carbocycles. The van der Waals surface area contributed by atoms with Gasteiger partial charge in [-0.1, -0.05) is 103 Å². The van der Waals surface area contributed by atoms with Crippen molar-refractivity contribution in [2.45, 2.75) is 146 Å². The summed E-state index contributed by atoms with van der Waals surface area (Å²) < 4.78 is 142. The summed E-state index contributed by atoms with van der Waals surface area (Å²) in [5.74, 6) is -27.2. The van der Waals surface area contributed by atoms with Gasteiger partial charge in [-0.3, -0.25) is 0 Å². The van der Waals surface area contributed by atoms with Gasteiger partial charge in [-0.2, -0.15) is 48.3 Å². The molecule has 0 saturated heterocycles. The molecule has 0 aliphatic carbocycles. The summed E-state index contributed by atoms with van der Waals surface area (Å²) in [5.41, 5.74) is 0. The SMILES string of the molecule is CCCCCCCCCCCCCCCCCCC(F)(F)C(F)(F)C(F)(F)C(F)(F)C(F)(F)F. The fourth-order valence-electron chi connectivity index (χ4n) is 3.66. The van der Waals surface area contributed by atoms with E-state index in [1.54, 1.807) is 0 Å². The van der Waals surface area contributed by atoms with Crippen molar-refractivity contribution in [1.29, 1.82) is 0 Å². The Bertz CT molecular complexity index is 527. The third kappa shape index (κ3) is 9.70. The third-order valence-electron chi connectivity index (χ3n) is 5.95. The lowest BCUT2D eigenvalue weighted by Crippen LogP contribution is -2.66. The zero-order valence-electron chi connectivity index (χ0n) is 19.7. The summed E-state index contributed by atoms with van der Waals surface area (Å²) in [7, 11) is 0. The van der Waals surface area contributed by atoms with Gasteiger partial charge in [-0.15, -0.1) is 0 Å². The number of halogens is 11. The van der Waals surface area contributed by atoms with E-state index in [9.17, 15) is 48.3 Å². The number of hydrogen-bond acceptors (Lipinski definition) is 0. The maximum Gasteiger partial charge on any atom is 0.460 e. The Labute approximate surface area is 195 Å². The number of unbranched alkanes of at least 4 members (excludes halogenated alkanes) is 15. The van der Waals surface area contributed by atoms with Crippen LogP contribution < -0.4 is 0 Å². The molecule has 0 N–H and O–H groups in total. The van der Waals surface area contributed by atoms with Gasteiger partial charge in [0.2, 0.25) is 0 Å². The van der Waals surface area contributed by atoms with Crippen LogP contribution in [0.3, 0.4) is 0 Å². The van der Waals surface area contributed by atoms with E-state index in [4.69, 9.17) is 0 Å². The predicted octanol–water partition coefficient (Wildman–Crippen LogP) is 10.7. The molecule has 0 atom stereocenters. The topological polar surface area (TPSA) is 0 Å². The van der Waals surface area contributed by atoms with Gasteiger partial charge in [0.05, 0.1) is 0 Å². The van der Waals surface area contributed by atoms with Crippen LogP contribution in [0.5, 0.6) is 0 Å². The number of rotatable bonds is 20. The first kappa shape index (κ1) is 33.2. The molecule has 0 spiro atoms. The molecule has 0 aromatic carbocycles. The molecule has 0 unspecified atom stereocenters. The molecule has 0 radical (unpaired) electrons. The van der Waals surface area contributed by atoms with Crippen molar-refractivity contribution in [1.82, 2.24) is 0 Å². The predicted molar refractivity (Wildman–Crippen MR) is 110 cm³/mol. The van der Waals surface area contributed by atoms with Gasteiger partial charge < -0.3 is 0 Å². The molecule has 0 aromatic rings. The lowest BCUT2D eigenvalue weighted by atomic mass is 9.94. The summed E-state index contributed by atoms with van der Waals surface area (Å²) in [6.45, 7) is 2.17. The zero-order chi connectivity index (χ0) is 26.5. The molecule has 0 heterocycles. The molecule has 0 aliphatic rings. The molecular weight excluding hydrogens is 485 g/mol. The van der Waals surface area contributed by atoms with Crippen molar-refractivity contribution in [3.63, 3.8) is 0 Å². The molecular formula is C23H37F11. The van der Waals surface area contributed by atoms with Crippen molar-refractivity contribution >= 4 is 0 Å². The van der Waals surface area contributed by atoms with Crippen LogP contribution in [0.15, 0.2) is 0 Å². The van der Waals surface area contributed by atoms with Gasteiger partial charge in [-0.25, -0.2) is 0 Å². The van der Waals surface area contributed by atoms with Crippen LogP contribution in [0.2, 0.25) is 0 Å². The first-order chi connectivity index (χ1) is 15.6. The highest BCUT2D eigenvalue weighted by molar-refractivity contribution is 5.06. The summed E-state index contributed by atoms with van der Waals surface area (Å²) >= 11 is 0. The quantitative estimate of drug-likeness (QED) is 0.110. The van der Waals surface area contributed by atoms with Crippen LogP contribution in [0.1, 0.15) is 116 Å². The second-order valence-electron chi connectivity index (χ2n) is 8.98. The van der Waals surface area contributed by atoms with Gasteiger partial charge in [0.15, 0.2) is 0 Å². The Morgan fingerprint density at radius 3 is 0.941 bits per heavy atom. The fraction of sp³-hybridized carbons (Fsp3) is 1.00. The van der Waals surface area contributed by atoms with Crippen molar-refractivity contribution in [3.05, 3.63) is 0 Å². The number of alkyl halides is 11. The van der Waals surface area contributed by atoms with E-state index in [1.807, 2.05) is 0 Å². The second kappa shape index (κ2) is 14.7. The van der Waals surface area contributed by atoms with E-state index in [2.05, 4.69) is 6.92 Å². The average molecular weight is 523 g/mol. The smallest absolute Gasteiger partial charge is 0.200 e. The highest BCUT2D eigenvalue weighted by Gasteiger charge is 2.86. The van der Waals surface area contributed by atoms with E-state index in [0.717, 1.165) is 32.1 Å². The minimum absolute atomic E-state index is 0.0507. The Hall–Kier alpha value is -0.770. The standard InChI is InChI=1S/C23H37F11/c1-2-3-4-5-6-7-8-9-10-11-12-13-14-15-16-17-18-19(24,25)20(26,27)21(28,29)22(30,31)23(32,33)34/h2-18H2,1H3. The first-order valence-electron chi connectivity index (χ1n) is 12.1. The highest BCUT2D eigenvalue weighted by atomic mass is 19.4. The maximum absolute atomic E-state index is 13.6. The Balaban J connectivity index is 4.08. The zero-order valence-corrected chi connectivity index (χ0v) is 19.7. The molecule has 0 amide bonds. The number of hydrogen-bond donors (Lipinski definition) is 0. The van der Waals surface area contributed by atoms with Gasteiger partial charge >= 0.3 is 29.9 Å². The van der Waals surface area contributed by atoms with E-state index in [-0.39, 0.29) is 6.42 Å². The van der Waals surface area contributed by atoms with Crippen LogP contribution in [0, 0.1) is 0 Å². The largest absolute Gasteiger partial charge is 0.460 e. The van der Waals surface area contributed by atoms with Crippen molar-refractivity contribution in [2.24, 2.45) is 0 Å². The Kier molecular flexibility index (Phi) is 14.4. The van der Waals surface area contributed by atoms with Gasteiger partial charge in [-0.05, 0) is 6.42 Å². The van der Waals surface area contributed by atoms with Crippen molar-refractivity contribution in [3.8, 4) is 0 Å². The van der Waals surface area contributed by atoms with Crippen molar-refractivity contribution in [2.75, 3.05) is 0 Å². The van der Waals surface area contributed by atoms with Crippen molar-refractivity contribution < 1.29 is 48.3 Å². The summed E-state index contributed by atoms with van der Waals surface area (Å²) in [6.07, 6.45) is 4.73. The molecule has 0 aromatic heterocycles. The third-order valence-corrected chi connectivity index (χ3v) is 5.95. The maximum atomic E-state index is 13.6. The normalized spacial score (nSPS) is 14.1. The minimum Gasteiger partial charge on any atom is -0.200 e. The Morgan fingerprint density at radius 1 is 0.353 bits per heavy atom. The Morgan fingerprint density at radius 2 is 0.647 bits per heavy atom. The molecule has 0 rings (SSSR count). The average Bonchev–Trinajstić information content (AvgIpc) is 2.72. The van der Waals surface area contributed by atoms with Crippen LogP contribution in [0.25, 0.3) is 0 Å². The lowest BCUT2D eigenvalue weighted by Gasteiger charge is -2.37. The van der Waals surface area contributed by atoms with Crippen LogP contribution >= 0.6 is 0 Å². The molecule has 34 heavy (non-hydrogen) atoms. The van der Waals surface area contributed by atoms with E-state index in [0.29, 0.717) is 12.8 Å². The summed E-state index contributed by atoms with van der Waals surface area (Å²) in [5, 5.41) is 0.